The maximum Gasteiger partial charge on any atom is 0.144 e. The molecular formula is C11H20N4. The number of rotatable bonds is 5. The summed E-state index contributed by atoms with van der Waals surface area (Å²) in [4.78, 5) is 10.9. The van der Waals surface area contributed by atoms with Crippen LogP contribution in [0.25, 0.3) is 0 Å². The standard InChI is InChI=1S/C11H20N4/c1-5-12-11-7-13-10(6-14-11)8-15(4)9(2)3/h6-7,9H,5,8H2,1-4H3,(H,12,14). The molecule has 1 aromatic rings. The van der Waals surface area contributed by atoms with Crippen LogP contribution >= 0.6 is 0 Å². The highest BCUT2D eigenvalue weighted by Gasteiger charge is 2.05. The summed E-state index contributed by atoms with van der Waals surface area (Å²) in [5.74, 6) is 0.841. The van der Waals surface area contributed by atoms with Crippen molar-refractivity contribution >= 4 is 5.82 Å². The molecule has 15 heavy (non-hydrogen) atoms. The zero-order chi connectivity index (χ0) is 11.3. The van der Waals surface area contributed by atoms with Gasteiger partial charge in [-0.1, -0.05) is 0 Å². The van der Waals surface area contributed by atoms with E-state index in [9.17, 15) is 0 Å². The maximum atomic E-state index is 4.35. The number of hydrogen-bond donors (Lipinski definition) is 1. The second kappa shape index (κ2) is 5.66. The predicted molar refractivity (Wildman–Crippen MR) is 62.8 cm³/mol. The fraction of sp³-hybridized carbons (Fsp3) is 0.636. The number of anilines is 1. The summed E-state index contributed by atoms with van der Waals surface area (Å²) in [5.41, 5.74) is 1.01. The first-order valence-corrected chi connectivity index (χ1v) is 5.38. The Balaban J connectivity index is 2.56. The molecule has 4 nitrogen and oxygen atoms in total. The van der Waals surface area contributed by atoms with E-state index in [2.05, 4.69) is 41.1 Å². The molecule has 0 bridgehead atoms. The van der Waals surface area contributed by atoms with Crippen molar-refractivity contribution in [2.45, 2.75) is 33.4 Å². The Morgan fingerprint density at radius 1 is 1.33 bits per heavy atom. The van der Waals surface area contributed by atoms with Crippen LogP contribution in [-0.4, -0.2) is 34.5 Å². The van der Waals surface area contributed by atoms with Gasteiger partial charge in [-0.3, -0.25) is 9.88 Å². The molecule has 1 heterocycles. The Morgan fingerprint density at radius 2 is 2.07 bits per heavy atom. The molecule has 0 saturated carbocycles. The molecule has 1 aromatic heterocycles. The molecule has 0 atom stereocenters. The minimum absolute atomic E-state index is 0.528. The van der Waals surface area contributed by atoms with Crippen molar-refractivity contribution in [2.75, 3.05) is 18.9 Å². The van der Waals surface area contributed by atoms with Crippen molar-refractivity contribution in [3.63, 3.8) is 0 Å². The van der Waals surface area contributed by atoms with Gasteiger partial charge in [-0.2, -0.15) is 0 Å². The molecule has 0 saturated heterocycles. The smallest absolute Gasteiger partial charge is 0.144 e. The number of nitrogens with one attached hydrogen (secondary N) is 1. The second-order valence-corrected chi connectivity index (χ2v) is 3.93. The van der Waals surface area contributed by atoms with Crippen LogP contribution in [0, 0.1) is 0 Å². The Bertz CT molecular complexity index is 281. The topological polar surface area (TPSA) is 41.1 Å². The van der Waals surface area contributed by atoms with Crippen molar-refractivity contribution in [1.29, 1.82) is 0 Å². The molecule has 0 radical (unpaired) electrons. The highest BCUT2D eigenvalue weighted by Crippen LogP contribution is 2.04. The van der Waals surface area contributed by atoms with Crippen molar-refractivity contribution in [3.05, 3.63) is 18.1 Å². The van der Waals surface area contributed by atoms with Crippen LogP contribution in [0.2, 0.25) is 0 Å². The summed E-state index contributed by atoms with van der Waals surface area (Å²) in [7, 11) is 2.09. The average Bonchev–Trinajstić information content (AvgIpc) is 2.21. The van der Waals surface area contributed by atoms with Gasteiger partial charge in [0.25, 0.3) is 0 Å². The van der Waals surface area contributed by atoms with Crippen LogP contribution in [0.4, 0.5) is 5.82 Å². The van der Waals surface area contributed by atoms with Crippen LogP contribution in [0.15, 0.2) is 12.4 Å². The average molecular weight is 208 g/mol. The molecule has 0 spiro atoms. The lowest BCUT2D eigenvalue weighted by molar-refractivity contribution is 0.262. The van der Waals surface area contributed by atoms with E-state index in [1.165, 1.54) is 0 Å². The minimum Gasteiger partial charge on any atom is -0.369 e. The van der Waals surface area contributed by atoms with E-state index in [0.717, 1.165) is 24.6 Å². The largest absolute Gasteiger partial charge is 0.369 e. The van der Waals surface area contributed by atoms with Gasteiger partial charge in [0.2, 0.25) is 0 Å². The summed E-state index contributed by atoms with van der Waals surface area (Å²) < 4.78 is 0. The Morgan fingerprint density at radius 3 is 2.53 bits per heavy atom. The number of aromatic nitrogens is 2. The van der Waals surface area contributed by atoms with Gasteiger partial charge >= 0.3 is 0 Å². The molecule has 0 aliphatic rings. The molecule has 1 rings (SSSR count). The predicted octanol–water partition coefficient (Wildman–Crippen LogP) is 1.75. The van der Waals surface area contributed by atoms with E-state index in [-0.39, 0.29) is 0 Å². The van der Waals surface area contributed by atoms with Crippen LogP contribution in [-0.2, 0) is 6.54 Å². The molecule has 1 N–H and O–H groups in total. The maximum absolute atomic E-state index is 4.35. The number of hydrogen-bond acceptors (Lipinski definition) is 4. The van der Waals surface area contributed by atoms with Crippen LogP contribution in [0.3, 0.4) is 0 Å². The summed E-state index contributed by atoms with van der Waals surface area (Å²) in [6.45, 7) is 8.10. The first kappa shape index (κ1) is 11.9. The van der Waals surface area contributed by atoms with E-state index in [1.54, 1.807) is 6.20 Å². The SMILES string of the molecule is CCNc1cnc(CN(C)C(C)C)cn1. The summed E-state index contributed by atoms with van der Waals surface area (Å²) in [6.07, 6.45) is 3.61. The Labute approximate surface area is 91.7 Å². The third-order valence-corrected chi connectivity index (χ3v) is 2.36. The van der Waals surface area contributed by atoms with Gasteiger partial charge in [0.05, 0.1) is 18.1 Å². The zero-order valence-corrected chi connectivity index (χ0v) is 9.99. The van der Waals surface area contributed by atoms with Gasteiger partial charge in [0, 0.05) is 19.1 Å². The first-order chi connectivity index (χ1) is 7.13. The summed E-state index contributed by atoms with van der Waals surface area (Å²) in [5, 5.41) is 3.12. The molecule has 0 aliphatic heterocycles. The van der Waals surface area contributed by atoms with E-state index < -0.39 is 0 Å². The monoisotopic (exact) mass is 208 g/mol. The summed E-state index contributed by atoms with van der Waals surface area (Å²) in [6, 6.07) is 0.528. The molecule has 84 valence electrons. The molecule has 0 amide bonds. The molecular weight excluding hydrogens is 188 g/mol. The van der Waals surface area contributed by atoms with Gasteiger partial charge in [0.15, 0.2) is 0 Å². The number of nitrogens with zero attached hydrogens (tertiary/aromatic N) is 3. The van der Waals surface area contributed by atoms with Crippen molar-refractivity contribution < 1.29 is 0 Å². The quantitative estimate of drug-likeness (QED) is 0.800. The lowest BCUT2D eigenvalue weighted by Gasteiger charge is -2.20. The van der Waals surface area contributed by atoms with Crippen molar-refractivity contribution in [2.24, 2.45) is 0 Å². The normalized spacial score (nSPS) is 11.1. The second-order valence-electron chi connectivity index (χ2n) is 3.93. The molecule has 0 aliphatic carbocycles. The van der Waals surface area contributed by atoms with E-state index in [4.69, 9.17) is 0 Å². The Hall–Kier alpha value is -1.16. The van der Waals surface area contributed by atoms with Crippen molar-refractivity contribution in [1.82, 2.24) is 14.9 Å². The lowest BCUT2D eigenvalue weighted by atomic mass is 10.3. The van der Waals surface area contributed by atoms with Gasteiger partial charge in [-0.15, -0.1) is 0 Å². The molecule has 0 unspecified atom stereocenters. The Kier molecular flexibility index (Phi) is 4.49. The van der Waals surface area contributed by atoms with Gasteiger partial charge in [-0.05, 0) is 27.8 Å². The van der Waals surface area contributed by atoms with Crippen LogP contribution in [0.5, 0.6) is 0 Å². The highest BCUT2D eigenvalue weighted by molar-refractivity contribution is 5.30. The lowest BCUT2D eigenvalue weighted by Crippen LogP contribution is -2.26. The molecule has 0 fully saturated rings. The third kappa shape index (κ3) is 3.83. The van der Waals surface area contributed by atoms with E-state index in [1.807, 2.05) is 13.1 Å². The molecule has 0 aromatic carbocycles. The molecule has 4 heteroatoms. The van der Waals surface area contributed by atoms with Crippen LogP contribution < -0.4 is 5.32 Å². The van der Waals surface area contributed by atoms with Gasteiger partial charge in [0.1, 0.15) is 5.82 Å². The van der Waals surface area contributed by atoms with Gasteiger partial charge < -0.3 is 5.32 Å². The minimum atomic E-state index is 0.528. The third-order valence-electron chi connectivity index (χ3n) is 2.36. The summed E-state index contributed by atoms with van der Waals surface area (Å²) >= 11 is 0. The fourth-order valence-corrected chi connectivity index (χ4v) is 1.15. The van der Waals surface area contributed by atoms with Gasteiger partial charge in [-0.25, -0.2) is 4.98 Å². The van der Waals surface area contributed by atoms with E-state index in [0.29, 0.717) is 6.04 Å². The van der Waals surface area contributed by atoms with Crippen LogP contribution in [0.1, 0.15) is 26.5 Å². The van der Waals surface area contributed by atoms with E-state index >= 15 is 0 Å². The fourth-order valence-electron chi connectivity index (χ4n) is 1.15. The van der Waals surface area contributed by atoms with Crippen molar-refractivity contribution in [3.8, 4) is 0 Å². The highest BCUT2D eigenvalue weighted by atomic mass is 15.1. The first-order valence-electron chi connectivity index (χ1n) is 5.38. The zero-order valence-electron chi connectivity index (χ0n) is 9.99.